The lowest BCUT2D eigenvalue weighted by Gasteiger charge is -2.40. The molecule has 4 aromatic rings. The van der Waals surface area contributed by atoms with Crippen molar-refractivity contribution in [3.63, 3.8) is 0 Å². The molecule has 4 aromatic carbocycles. The molecule has 0 nitrogen and oxygen atoms in total. The average Bonchev–Trinajstić information content (AvgIpc) is 3.53. The first kappa shape index (κ1) is 31.6. The normalized spacial score (nSPS) is 14.9. The van der Waals surface area contributed by atoms with E-state index in [0.29, 0.717) is 23.7 Å². The molecule has 0 saturated heterocycles. The van der Waals surface area contributed by atoms with Gasteiger partial charge in [-0.1, -0.05) is 151 Å². The molecule has 45 heavy (non-hydrogen) atoms. The third kappa shape index (κ3) is 4.94. The molecule has 2 radical (unpaired) electrons. The molecule has 0 unspecified atom stereocenters. The van der Waals surface area contributed by atoms with E-state index in [-0.39, 0.29) is 0 Å². The van der Waals surface area contributed by atoms with E-state index < -0.39 is 8.07 Å². The van der Waals surface area contributed by atoms with Gasteiger partial charge in [0.15, 0.2) is 8.07 Å². The summed E-state index contributed by atoms with van der Waals surface area (Å²) in [6.45, 7) is 23.8. The van der Waals surface area contributed by atoms with Gasteiger partial charge in [-0.15, -0.1) is 0 Å². The Morgan fingerprint density at radius 3 is 1.09 bits per heavy atom. The summed E-state index contributed by atoms with van der Waals surface area (Å²) in [5, 5.41) is 6.11. The number of hydrogen-bond acceptors (Lipinski definition) is 0. The zero-order valence-corrected chi connectivity index (χ0v) is 30.0. The molecule has 230 valence electrons. The molecule has 0 heterocycles. The highest BCUT2D eigenvalue weighted by Gasteiger charge is 2.52. The van der Waals surface area contributed by atoms with Crippen molar-refractivity contribution < 1.29 is 0 Å². The fourth-order valence-corrected chi connectivity index (χ4v) is 14.3. The standard InChI is InChI=1S/C44H50Si/c1-27(2)37-23-21-33-25-31(9)43(41(33)39(37)29(5)6)45(35-17-13-11-14-18-35,36-19-15-12-16-20-36)44-32(10)26-34-22-24-38(28(3)4)40(30(7)8)42(34)44/h11-30H,1-10H3. The third-order valence-corrected chi connectivity index (χ3v) is 15.4. The lowest BCUT2D eigenvalue weighted by Crippen LogP contribution is -2.61. The number of allylic oxidation sites excluding steroid dienone is 2. The fraction of sp³-hybridized carbons (Fsp3) is 0.318. The lowest BCUT2D eigenvalue weighted by atomic mass is 9.85. The summed E-state index contributed by atoms with van der Waals surface area (Å²) < 4.78 is 0. The second-order valence-corrected chi connectivity index (χ2v) is 18.2. The van der Waals surface area contributed by atoms with Gasteiger partial charge in [0, 0.05) is 12.8 Å². The van der Waals surface area contributed by atoms with Crippen LogP contribution < -0.4 is 10.4 Å². The quantitative estimate of drug-likeness (QED) is 0.175. The van der Waals surface area contributed by atoms with E-state index in [0.717, 1.165) is 0 Å². The lowest BCUT2D eigenvalue weighted by molar-refractivity contribution is 0.787. The summed E-state index contributed by atoms with van der Waals surface area (Å²) in [5.74, 6) is 1.76. The minimum atomic E-state index is -2.88. The smallest absolute Gasteiger partial charge is 0.0639 e. The van der Waals surface area contributed by atoms with E-state index in [1.165, 1.54) is 66.0 Å². The van der Waals surface area contributed by atoms with Crippen molar-refractivity contribution in [2.75, 3.05) is 0 Å². The maximum absolute atomic E-state index is 2.88. The molecule has 0 atom stereocenters. The first-order valence-electron chi connectivity index (χ1n) is 17.1. The molecule has 0 aromatic heterocycles. The van der Waals surface area contributed by atoms with Crippen molar-refractivity contribution in [1.29, 1.82) is 0 Å². The predicted octanol–water partition coefficient (Wildman–Crippen LogP) is 10.9. The van der Waals surface area contributed by atoms with E-state index >= 15 is 0 Å². The highest BCUT2D eigenvalue weighted by Crippen LogP contribution is 2.53. The molecule has 0 spiro atoms. The maximum atomic E-state index is 2.50. The van der Waals surface area contributed by atoms with Gasteiger partial charge in [0.05, 0.1) is 0 Å². The monoisotopic (exact) mass is 606 g/mol. The minimum absolute atomic E-state index is 0.418. The Labute approximate surface area is 274 Å². The van der Waals surface area contributed by atoms with Gasteiger partial charge < -0.3 is 0 Å². The Kier molecular flexibility index (Phi) is 8.46. The van der Waals surface area contributed by atoms with Gasteiger partial charge in [-0.3, -0.25) is 0 Å². The molecule has 0 amide bonds. The van der Waals surface area contributed by atoms with Crippen LogP contribution in [0.3, 0.4) is 0 Å². The van der Waals surface area contributed by atoms with Crippen LogP contribution in [0.25, 0.3) is 10.4 Å². The Morgan fingerprint density at radius 1 is 0.422 bits per heavy atom. The minimum Gasteiger partial charge on any atom is -0.0639 e. The average molecular weight is 607 g/mol. The van der Waals surface area contributed by atoms with E-state index in [9.17, 15) is 0 Å². The van der Waals surface area contributed by atoms with Crippen molar-refractivity contribution in [2.45, 2.75) is 92.9 Å². The van der Waals surface area contributed by atoms with Gasteiger partial charge in [0.25, 0.3) is 0 Å². The van der Waals surface area contributed by atoms with Crippen LogP contribution >= 0.6 is 0 Å². The molecule has 6 rings (SSSR count). The van der Waals surface area contributed by atoms with Gasteiger partial charge in [-0.25, -0.2) is 0 Å². The topological polar surface area (TPSA) is 0 Å². The van der Waals surface area contributed by atoms with Crippen LogP contribution in [0.4, 0.5) is 0 Å². The van der Waals surface area contributed by atoms with Crippen molar-refractivity contribution in [2.24, 2.45) is 0 Å². The van der Waals surface area contributed by atoms with Crippen molar-refractivity contribution in [3.8, 4) is 0 Å². The zero-order chi connectivity index (χ0) is 32.2. The summed E-state index contributed by atoms with van der Waals surface area (Å²) in [6.07, 6.45) is 5.00. The number of hydrogen-bond donors (Lipinski definition) is 0. The van der Waals surface area contributed by atoms with Crippen molar-refractivity contribution in [1.82, 2.24) is 0 Å². The molecule has 0 saturated carbocycles. The zero-order valence-electron chi connectivity index (χ0n) is 29.0. The van der Waals surface area contributed by atoms with Crippen LogP contribution in [0.1, 0.15) is 137 Å². The summed E-state index contributed by atoms with van der Waals surface area (Å²) >= 11 is 0. The van der Waals surface area contributed by atoms with E-state index in [2.05, 4.69) is 167 Å². The fourth-order valence-electron chi connectivity index (χ4n) is 8.57. The number of benzene rings is 4. The molecule has 0 bridgehead atoms. The van der Waals surface area contributed by atoms with Crippen molar-refractivity contribution >= 4 is 28.8 Å². The van der Waals surface area contributed by atoms with Gasteiger partial charge in [-0.05, 0) is 103 Å². The molecule has 2 aliphatic carbocycles. The largest absolute Gasteiger partial charge is 0.180 e. The van der Waals surface area contributed by atoms with Gasteiger partial charge >= 0.3 is 0 Å². The molecular formula is C44H50Si. The van der Waals surface area contributed by atoms with Crippen LogP contribution in [-0.4, -0.2) is 8.07 Å². The van der Waals surface area contributed by atoms with Crippen LogP contribution in [0.2, 0.25) is 0 Å². The highest BCUT2D eigenvalue weighted by atomic mass is 28.3. The summed E-state index contributed by atoms with van der Waals surface area (Å²) in [6, 6.07) is 32.9. The Hall–Kier alpha value is -3.42. The molecule has 0 N–H and O–H groups in total. The van der Waals surface area contributed by atoms with Crippen molar-refractivity contribution in [3.05, 3.63) is 153 Å². The second-order valence-electron chi connectivity index (χ2n) is 14.6. The van der Waals surface area contributed by atoms with Gasteiger partial charge in [0.1, 0.15) is 0 Å². The van der Waals surface area contributed by atoms with E-state index in [1.54, 1.807) is 10.4 Å². The van der Waals surface area contributed by atoms with E-state index in [4.69, 9.17) is 0 Å². The third-order valence-electron chi connectivity index (χ3n) is 10.2. The number of rotatable bonds is 8. The van der Waals surface area contributed by atoms with E-state index in [1.807, 2.05) is 0 Å². The summed E-state index contributed by atoms with van der Waals surface area (Å²) in [4.78, 5) is 0. The van der Waals surface area contributed by atoms with Gasteiger partial charge in [0.2, 0.25) is 0 Å². The summed E-state index contributed by atoms with van der Waals surface area (Å²) in [7, 11) is -2.88. The Morgan fingerprint density at radius 2 is 0.778 bits per heavy atom. The molecule has 1 heteroatoms. The first-order valence-corrected chi connectivity index (χ1v) is 19.1. The van der Waals surface area contributed by atoms with Crippen LogP contribution in [-0.2, 0) is 0 Å². The highest BCUT2D eigenvalue weighted by molar-refractivity contribution is 7.26. The Bertz CT molecular complexity index is 1660. The maximum Gasteiger partial charge on any atom is 0.180 e. The second kappa shape index (κ2) is 12.1. The first-order chi connectivity index (χ1) is 21.5. The molecule has 2 aliphatic rings. The molecule has 0 aliphatic heterocycles. The van der Waals surface area contributed by atoms with Crippen LogP contribution in [0, 0.1) is 12.8 Å². The van der Waals surface area contributed by atoms with Crippen LogP contribution in [0.15, 0.2) is 96.1 Å². The SMILES string of the molecule is CC1=C([Si](C2=C(C)[CH]c3ccc(C(C)C)c(C(C)C)c32)(c2ccccc2)c2ccccc2)c2c(ccc(C(C)C)c2C(C)C)[CH]1. The van der Waals surface area contributed by atoms with Crippen LogP contribution in [0.5, 0.6) is 0 Å². The number of fused-ring (bicyclic) bond motifs is 2. The predicted molar refractivity (Wildman–Crippen MR) is 199 cm³/mol. The van der Waals surface area contributed by atoms with Gasteiger partial charge in [-0.2, -0.15) is 0 Å². The summed E-state index contributed by atoms with van der Waals surface area (Å²) in [5.41, 5.74) is 14.7. The molecule has 0 fully saturated rings. The molecular weight excluding hydrogens is 557 g/mol. The Balaban J connectivity index is 1.85.